The van der Waals surface area contributed by atoms with Crippen molar-refractivity contribution in [2.75, 3.05) is 18.1 Å². The molecule has 3 rings (SSSR count). The second-order valence-corrected chi connectivity index (χ2v) is 5.35. The predicted octanol–water partition coefficient (Wildman–Crippen LogP) is 3.67. The van der Waals surface area contributed by atoms with Gasteiger partial charge in [0.2, 0.25) is 0 Å². The van der Waals surface area contributed by atoms with E-state index in [2.05, 4.69) is 53.4 Å². The third-order valence-electron chi connectivity index (χ3n) is 3.07. The van der Waals surface area contributed by atoms with Crippen LogP contribution in [-0.4, -0.2) is 18.3 Å². The van der Waals surface area contributed by atoms with Gasteiger partial charge >= 0.3 is 0 Å². The Kier molecular flexibility index (Phi) is 3.26. The topological polar surface area (TPSA) is 23.5 Å². The maximum atomic E-state index is 9.06. The van der Waals surface area contributed by atoms with Gasteiger partial charge in [-0.2, -0.15) is 0 Å². The van der Waals surface area contributed by atoms with Crippen LogP contribution in [0.3, 0.4) is 0 Å². The van der Waals surface area contributed by atoms with Crippen molar-refractivity contribution < 1.29 is 5.11 Å². The summed E-state index contributed by atoms with van der Waals surface area (Å²) in [7, 11) is 0. The summed E-state index contributed by atoms with van der Waals surface area (Å²) < 4.78 is 0. The summed E-state index contributed by atoms with van der Waals surface area (Å²) >= 11 is 1.82. The second-order valence-electron chi connectivity index (χ2n) is 4.27. The van der Waals surface area contributed by atoms with Crippen molar-refractivity contribution in [3.63, 3.8) is 0 Å². The quantitative estimate of drug-likeness (QED) is 0.907. The molecule has 2 aromatic carbocycles. The van der Waals surface area contributed by atoms with E-state index in [4.69, 9.17) is 5.11 Å². The highest BCUT2D eigenvalue weighted by Crippen LogP contribution is 2.47. The number of rotatable bonds is 3. The van der Waals surface area contributed by atoms with Gasteiger partial charge in [-0.25, -0.2) is 0 Å². The molecule has 0 aromatic heterocycles. The van der Waals surface area contributed by atoms with E-state index in [-0.39, 0.29) is 6.61 Å². The molecule has 18 heavy (non-hydrogen) atoms. The summed E-state index contributed by atoms with van der Waals surface area (Å²) in [6.45, 7) is 1.08. The summed E-state index contributed by atoms with van der Waals surface area (Å²) in [4.78, 5) is 4.88. The zero-order valence-corrected chi connectivity index (χ0v) is 10.9. The fourth-order valence-electron chi connectivity index (χ4n) is 2.25. The molecular formula is C15H15NOS. The molecular weight excluding hydrogens is 242 g/mol. The van der Waals surface area contributed by atoms with E-state index < -0.39 is 0 Å². The van der Waals surface area contributed by atoms with Crippen molar-refractivity contribution >= 4 is 23.1 Å². The van der Waals surface area contributed by atoms with Gasteiger partial charge in [0.05, 0.1) is 11.4 Å². The van der Waals surface area contributed by atoms with Gasteiger partial charge in [-0.15, -0.1) is 0 Å². The summed E-state index contributed by atoms with van der Waals surface area (Å²) in [6.07, 6.45) is 0.785. The van der Waals surface area contributed by atoms with Gasteiger partial charge in [0, 0.05) is 22.9 Å². The Bertz CT molecular complexity index is 510. The van der Waals surface area contributed by atoms with Gasteiger partial charge in [-0.1, -0.05) is 36.0 Å². The minimum atomic E-state index is 0.230. The van der Waals surface area contributed by atoms with Gasteiger partial charge in [-0.3, -0.25) is 0 Å². The lowest BCUT2D eigenvalue weighted by atomic mass is 10.2. The number of hydrogen-bond donors (Lipinski definition) is 1. The van der Waals surface area contributed by atoms with Crippen molar-refractivity contribution in [3.8, 4) is 0 Å². The van der Waals surface area contributed by atoms with Crippen LogP contribution >= 0.6 is 11.8 Å². The number of aliphatic hydroxyl groups is 1. The summed E-state index contributed by atoms with van der Waals surface area (Å²) in [5, 5.41) is 9.06. The number of hydrogen-bond acceptors (Lipinski definition) is 3. The van der Waals surface area contributed by atoms with Crippen molar-refractivity contribution in [1.82, 2.24) is 0 Å². The van der Waals surface area contributed by atoms with Crippen molar-refractivity contribution in [1.29, 1.82) is 0 Å². The Hall–Kier alpha value is -1.45. The smallest absolute Gasteiger partial charge is 0.0552 e. The van der Waals surface area contributed by atoms with Gasteiger partial charge in [0.25, 0.3) is 0 Å². The Morgan fingerprint density at radius 3 is 2.00 bits per heavy atom. The van der Waals surface area contributed by atoms with E-state index in [9.17, 15) is 0 Å². The molecule has 1 aliphatic heterocycles. The van der Waals surface area contributed by atoms with E-state index in [0.29, 0.717) is 0 Å². The van der Waals surface area contributed by atoms with Crippen molar-refractivity contribution in [3.05, 3.63) is 48.5 Å². The minimum Gasteiger partial charge on any atom is -0.396 e. The van der Waals surface area contributed by atoms with E-state index in [1.165, 1.54) is 21.2 Å². The molecule has 0 fully saturated rings. The highest BCUT2D eigenvalue weighted by molar-refractivity contribution is 7.99. The Balaban J connectivity index is 2.05. The Morgan fingerprint density at radius 2 is 1.44 bits per heavy atom. The van der Waals surface area contributed by atoms with Gasteiger partial charge in [0.15, 0.2) is 0 Å². The van der Waals surface area contributed by atoms with Crippen LogP contribution in [0.5, 0.6) is 0 Å². The largest absolute Gasteiger partial charge is 0.396 e. The van der Waals surface area contributed by atoms with Crippen LogP contribution in [0.1, 0.15) is 6.42 Å². The molecule has 2 aromatic rings. The number of fused-ring (bicyclic) bond motifs is 2. The molecule has 1 heterocycles. The van der Waals surface area contributed by atoms with Crippen LogP contribution in [0, 0.1) is 0 Å². The Labute approximate surface area is 111 Å². The van der Waals surface area contributed by atoms with E-state index in [1.807, 2.05) is 11.8 Å². The predicted molar refractivity (Wildman–Crippen MR) is 75.7 cm³/mol. The highest BCUT2D eigenvalue weighted by atomic mass is 32.2. The van der Waals surface area contributed by atoms with Crippen LogP contribution in [0.25, 0.3) is 0 Å². The monoisotopic (exact) mass is 257 g/mol. The fourth-order valence-corrected chi connectivity index (χ4v) is 3.35. The summed E-state index contributed by atoms with van der Waals surface area (Å²) in [5.41, 5.74) is 2.49. The third kappa shape index (κ3) is 2.00. The molecule has 0 bridgehead atoms. The van der Waals surface area contributed by atoms with Crippen LogP contribution < -0.4 is 4.90 Å². The molecule has 0 spiro atoms. The van der Waals surface area contributed by atoms with Gasteiger partial charge in [0.1, 0.15) is 0 Å². The first kappa shape index (κ1) is 11.6. The number of anilines is 2. The molecule has 0 aliphatic carbocycles. The zero-order valence-electron chi connectivity index (χ0n) is 10.0. The maximum absolute atomic E-state index is 9.06. The third-order valence-corrected chi connectivity index (χ3v) is 4.20. The number of benzene rings is 2. The first-order chi connectivity index (χ1) is 8.90. The van der Waals surface area contributed by atoms with Crippen molar-refractivity contribution in [2.45, 2.75) is 16.2 Å². The number of aliphatic hydroxyl groups excluding tert-OH is 1. The molecule has 0 saturated heterocycles. The minimum absolute atomic E-state index is 0.230. The van der Waals surface area contributed by atoms with Crippen molar-refractivity contribution in [2.24, 2.45) is 0 Å². The molecule has 2 nitrogen and oxygen atoms in total. The number of nitrogens with zero attached hydrogens (tertiary/aromatic N) is 1. The van der Waals surface area contributed by atoms with E-state index in [1.54, 1.807) is 0 Å². The summed E-state index contributed by atoms with van der Waals surface area (Å²) in [5.74, 6) is 0. The SMILES string of the molecule is OCCCN1c2ccccc2Sc2ccccc21. The molecule has 0 atom stereocenters. The second kappa shape index (κ2) is 5.04. The number of para-hydroxylation sites is 2. The Morgan fingerprint density at radius 1 is 0.889 bits per heavy atom. The maximum Gasteiger partial charge on any atom is 0.0552 e. The fraction of sp³-hybridized carbons (Fsp3) is 0.200. The summed E-state index contributed by atoms with van der Waals surface area (Å²) in [6, 6.07) is 16.9. The first-order valence-electron chi connectivity index (χ1n) is 6.14. The normalized spacial score (nSPS) is 13.1. The first-order valence-corrected chi connectivity index (χ1v) is 6.96. The van der Waals surface area contributed by atoms with Crippen LogP contribution in [0.2, 0.25) is 0 Å². The zero-order chi connectivity index (χ0) is 12.4. The lowest BCUT2D eigenvalue weighted by Crippen LogP contribution is -2.22. The van der Waals surface area contributed by atoms with Crippen LogP contribution in [0.4, 0.5) is 11.4 Å². The van der Waals surface area contributed by atoms with Gasteiger partial charge < -0.3 is 10.0 Å². The van der Waals surface area contributed by atoms with E-state index in [0.717, 1.165) is 13.0 Å². The molecule has 0 amide bonds. The average molecular weight is 257 g/mol. The van der Waals surface area contributed by atoms with Gasteiger partial charge in [-0.05, 0) is 30.7 Å². The molecule has 0 radical (unpaired) electrons. The molecule has 3 heteroatoms. The molecule has 92 valence electrons. The van der Waals surface area contributed by atoms with E-state index >= 15 is 0 Å². The lowest BCUT2D eigenvalue weighted by molar-refractivity contribution is 0.290. The standard InChI is InChI=1S/C15H15NOS/c17-11-5-10-16-12-6-1-3-8-14(12)18-15-9-4-2-7-13(15)16/h1-4,6-9,17H,5,10-11H2. The molecule has 1 N–H and O–H groups in total. The molecule has 0 unspecified atom stereocenters. The molecule has 0 saturated carbocycles. The lowest BCUT2D eigenvalue weighted by Gasteiger charge is -2.32. The molecule has 1 aliphatic rings. The van der Waals surface area contributed by atoms with Crippen LogP contribution in [-0.2, 0) is 0 Å². The van der Waals surface area contributed by atoms with Crippen LogP contribution in [0.15, 0.2) is 58.3 Å². The average Bonchev–Trinajstić information content (AvgIpc) is 2.43. The highest BCUT2D eigenvalue weighted by Gasteiger charge is 2.21.